The third-order valence-electron chi connectivity index (χ3n) is 5.69. The molecule has 0 amide bonds. The first-order chi connectivity index (χ1) is 15.0. The molecular formula is C24H31N3O3S. The zero-order valence-electron chi connectivity index (χ0n) is 18.0. The first-order valence-corrected chi connectivity index (χ1v) is 12.5. The summed E-state index contributed by atoms with van der Waals surface area (Å²) in [4.78, 5) is 2.37. The topological polar surface area (TPSA) is 82.4 Å². The van der Waals surface area contributed by atoms with Crippen LogP contribution < -0.4 is 9.46 Å². The standard InChI is InChI=1S/C24H31N3O3S/c1-2-31(28,29)26-24-14-16-27(17-21-7-4-3-5-8-21)18-22(24)19-30-23-12-10-20(11-13-23)9-6-15-25/h3-5,7-8,10-13,22,24,26H,2,6,9,14,16-19H2,1H3/t22-,24+/m0/s1. The predicted molar refractivity (Wildman–Crippen MR) is 122 cm³/mol. The number of benzene rings is 2. The maximum Gasteiger partial charge on any atom is 0.211 e. The van der Waals surface area contributed by atoms with Crippen LogP contribution in [0.15, 0.2) is 54.6 Å². The Morgan fingerprint density at radius 3 is 2.55 bits per heavy atom. The molecule has 0 spiro atoms. The zero-order valence-corrected chi connectivity index (χ0v) is 18.9. The van der Waals surface area contributed by atoms with Crippen LogP contribution in [-0.2, 0) is 23.0 Å². The van der Waals surface area contributed by atoms with Gasteiger partial charge in [0.05, 0.1) is 18.4 Å². The molecule has 31 heavy (non-hydrogen) atoms. The minimum Gasteiger partial charge on any atom is -0.493 e. The summed E-state index contributed by atoms with van der Waals surface area (Å²) in [7, 11) is -3.28. The number of piperidine rings is 1. The monoisotopic (exact) mass is 441 g/mol. The van der Waals surface area contributed by atoms with Crippen molar-refractivity contribution in [1.82, 2.24) is 9.62 Å². The van der Waals surface area contributed by atoms with Gasteiger partial charge >= 0.3 is 0 Å². The van der Waals surface area contributed by atoms with Gasteiger partial charge in [0.15, 0.2) is 0 Å². The van der Waals surface area contributed by atoms with Crippen molar-refractivity contribution in [3.63, 3.8) is 0 Å². The summed E-state index contributed by atoms with van der Waals surface area (Å²) in [5.74, 6) is 0.893. The lowest BCUT2D eigenvalue weighted by Gasteiger charge is -2.38. The molecule has 0 aromatic heterocycles. The second-order valence-corrected chi connectivity index (χ2v) is 10.1. The molecule has 1 N–H and O–H groups in total. The summed E-state index contributed by atoms with van der Waals surface area (Å²) in [5.41, 5.74) is 2.36. The molecule has 0 aliphatic carbocycles. The van der Waals surface area contributed by atoms with Crippen molar-refractivity contribution in [2.45, 2.75) is 38.8 Å². The maximum absolute atomic E-state index is 12.2. The molecule has 1 heterocycles. The van der Waals surface area contributed by atoms with Crippen LogP contribution in [0.5, 0.6) is 5.75 Å². The Kier molecular flexibility index (Phi) is 8.47. The molecule has 1 fully saturated rings. The Morgan fingerprint density at radius 2 is 1.87 bits per heavy atom. The van der Waals surface area contributed by atoms with Crippen LogP contribution in [0.1, 0.15) is 30.9 Å². The Labute approximate surface area is 185 Å². The molecule has 1 aliphatic heterocycles. The van der Waals surface area contributed by atoms with E-state index in [2.05, 4.69) is 27.8 Å². The number of ether oxygens (including phenoxy) is 1. The summed E-state index contributed by atoms with van der Waals surface area (Å²) in [6.45, 7) is 4.56. The summed E-state index contributed by atoms with van der Waals surface area (Å²) in [5, 5.41) is 8.72. The van der Waals surface area contributed by atoms with Gasteiger partial charge in [0, 0.05) is 38.0 Å². The Bertz CT molecular complexity index is 956. The Hall–Kier alpha value is -2.40. The van der Waals surface area contributed by atoms with Gasteiger partial charge < -0.3 is 4.74 Å². The fourth-order valence-electron chi connectivity index (χ4n) is 3.89. The van der Waals surface area contributed by atoms with Crippen LogP contribution in [0.3, 0.4) is 0 Å². The van der Waals surface area contributed by atoms with Gasteiger partial charge in [-0.15, -0.1) is 0 Å². The van der Waals surface area contributed by atoms with E-state index in [4.69, 9.17) is 10.00 Å². The first kappa shape index (κ1) is 23.3. The molecule has 0 saturated carbocycles. The molecule has 166 valence electrons. The van der Waals surface area contributed by atoms with Crippen LogP contribution >= 0.6 is 0 Å². The molecule has 7 heteroatoms. The third-order valence-corrected chi connectivity index (χ3v) is 7.11. The van der Waals surface area contributed by atoms with Crippen molar-refractivity contribution < 1.29 is 13.2 Å². The lowest BCUT2D eigenvalue weighted by Crippen LogP contribution is -2.52. The highest BCUT2D eigenvalue weighted by molar-refractivity contribution is 7.89. The normalized spacial score (nSPS) is 19.6. The number of likely N-dealkylation sites (tertiary alicyclic amines) is 1. The van der Waals surface area contributed by atoms with Crippen molar-refractivity contribution in [3.05, 3.63) is 65.7 Å². The molecule has 3 rings (SSSR count). The fraction of sp³-hybridized carbons (Fsp3) is 0.458. The zero-order chi connectivity index (χ0) is 22.1. The van der Waals surface area contributed by atoms with Crippen molar-refractivity contribution in [2.24, 2.45) is 5.92 Å². The molecule has 2 aromatic rings. The number of aryl methyl sites for hydroxylation is 1. The molecule has 2 atom stereocenters. The lowest BCUT2D eigenvalue weighted by atomic mass is 9.93. The van der Waals surface area contributed by atoms with E-state index >= 15 is 0 Å². The first-order valence-electron chi connectivity index (χ1n) is 10.8. The van der Waals surface area contributed by atoms with E-state index in [0.29, 0.717) is 13.0 Å². The molecule has 1 saturated heterocycles. The van der Waals surface area contributed by atoms with Crippen LogP contribution in [-0.4, -0.2) is 44.8 Å². The number of sulfonamides is 1. The SMILES string of the molecule is CCS(=O)(=O)N[C@@H]1CCN(Cc2ccccc2)C[C@H]1COc1ccc(CCC#N)cc1. The van der Waals surface area contributed by atoms with E-state index in [9.17, 15) is 8.42 Å². The summed E-state index contributed by atoms with van der Waals surface area (Å²) in [6.07, 6.45) is 1.99. The molecule has 0 bridgehead atoms. The summed E-state index contributed by atoms with van der Waals surface area (Å²) in [6, 6.07) is 20.1. The van der Waals surface area contributed by atoms with E-state index in [1.807, 2.05) is 42.5 Å². The van der Waals surface area contributed by atoms with Gasteiger partial charge in [-0.2, -0.15) is 5.26 Å². The van der Waals surface area contributed by atoms with Crippen LogP contribution in [0.2, 0.25) is 0 Å². The van der Waals surface area contributed by atoms with Gasteiger partial charge in [0.25, 0.3) is 0 Å². The average molecular weight is 442 g/mol. The molecular weight excluding hydrogens is 410 g/mol. The van der Waals surface area contributed by atoms with E-state index in [0.717, 1.165) is 43.8 Å². The highest BCUT2D eigenvalue weighted by Crippen LogP contribution is 2.22. The number of hydrogen-bond acceptors (Lipinski definition) is 5. The third kappa shape index (κ3) is 7.35. The summed E-state index contributed by atoms with van der Waals surface area (Å²) < 4.78 is 33.3. The number of nitriles is 1. The average Bonchev–Trinajstić information content (AvgIpc) is 2.79. The van der Waals surface area contributed by atoms with Crippen LogP contribution in [0.25, 0.3) is 0 Å². The smallest absolute Gasteiger partial charge is 0.211 e. The molecule has 1 aliphatic rings. The summed E-state index contributed by atoms with van der Waals surface area (Å²) >= 11 is 0. The second kappa shape index (κ2) is 11.3. The Balaban J connectivity index is 1.64. The molecule has 0 radical (unpaired) electrons. The number of nitrogens with one attached hydrogen (secondary N) is 1. The maximum atomic E-state index is 12.2. The van der Waals surface area contributed by atoms with Crippen LogP contribution in [0.4, 0.5) is 0 Å². The minimum absolute atomic E-state index is 0.0528. The molecule has 0 unspecified atom stereocenters. The van der Waals surface area contributed by atoms with E-state index in [1.54, 1.807) is 6.92 Å². The van der Waals surface area contributed by atoms with Crippen molar-refractivity contribution in [3.8, 4) is 11.8 Å². The van der Waals surface area contributed by atoms with Gasteiger partial charge in [-0.05, 0) is 43.0 Å². The van der Waals surface area contributed by atoms with Crippen molar-refractivity contribution >= 4 is 10.0 Å². The predicted octanol–water partition coefficient (Wildman–Crippen LogP) is 3.35. The van der Waals surface area contributed by atoms with Gasteiger partial charge in [-0.25, -0.2) is 13.1 Å². The van der Waals surface area contributed by atoms with E-state index in [-0.39, 0.29) is 17.7 Å². The number of nitrogens with zero attached hydrogens (tertiary/aromatic N) is 2. The minimum atomic E-state index is -3.28. The highest BCUT2D eigenvalue weighted by Gasteiger charge is 2.32. The largest absolute Gasteiger partial charge is 0.493 e. The van der Waals surface area contributed by atoms with E-state index < -0.39 is 10.0 Å². The number of rotatable bonds is 10. The fourth-order valence-corrected chi connectivity index (χ4v) is 4.82. The van der Waals surface area contributed by atoms with Gasteiger partial charge in [0.2, 0.25) is 10.0 Å². The molecule has 6 nitrogen and oxygen atoms in total. The number of hydrogen-bond donors (Lipinski definition) is 1. The van der Waals surface area contributed by atoms with Crippen molar-refractivity contribution in [1.29, 1.82) is 5.26 Å². The van der Waals surface area contributed by atoms with E-state index in [1.165, 1.54) is 5.56 Å². The quantitative estimate of drug-likeness (QED) is 0.611. The van der Waals surface area contributed by atoms with Gasteiger partial charge in [0.1, 0.15) is 5.75 Å². The highest BCUT2D eigenvalue weighted by atomic mass is 32.2. The molecule has 2 aromatic carbocycles. The van der Waals surface area contributed by atoms with Crippen molar-refractivity contribution in [2.75, 3.05) is 25.4 Å². The lowest BCUT2D eigenvalue weighted by molar-refractivity contribution is 0.102. The van der Waals surface area contributed by atoms with Gasteiger partial charge in [-0.1, -0.05) is 42.5 Å². The second-order valence-electron chi connectivity index (χ2n) is 8.01. The van der Waals surface area contributed by atoms with Crippen LogP contribution in [0, 0.1) is 17.2 Å². The Morgan fingerprint density at radius 1 is 1.13 bits per heavy atom. The van der Waals surface area contributed by atoms with Gasteiger partial charge in [-0.3, -0.25) is 4.90 Å².